The van der Waals surface area contributed by atoms with Crippen molar-refractivity contribution in [3.8, 4) is 17.3 Å². The van der Waals surface area contributed by atoms with Crippen LogP contribution in [-0.2, 0) is 0 Å². The van der Waals surface area contributed by atoms with Gasteiger partial charge in [0, 0.05) is 16.8 Å². The van der Waals surface area contributed by atoms with Gasteiger partial charge >= 0.3 is 0 Å². The minimum Gasteiger partial charge on any atom is -0.453 e. The Bertz CT molecular complexity index is 1630. The fourth-order valence-corrected chi connectivity index (χ4v) is 4.87. The Kier molecular flexibility index (Phi) is 4.13. The zero-order chi connectivity index (χ0) is 22.6. The predicted molar refractivity (Wildman–Crippen MR) is 136 cm³/mol. The van der Waals surface area contributed by atoms with E-state index in [2.05, 4.69) is 45.9 Å². The Morgan fingerprint density at radius 1 is 0.618 bits per heavy atom. The quantitative estimate of drug-likeness (QED) is 0.247. The smallest absolute Gasteiger partial charge is 0.238 e. The van der Waals surface area contributed by atoms with Crippen LogP contribution >= 0.6 is 11.6 Å². The second-order valence-corrected chi connectivity index (χ2v) is 8.48. The number of nitrogens with zero attached hydrogens (tertiary/aromatic N) is 4. The van der Waals surface area contributed by atoms with Gasteiger partial charge in [-0.3, -0.25) is 9.47 Å². The van der Waals surface area contributed by atoms with Gasteiger partial charge in [0.25, 0.3) is 0 Å². The Labute approximate surface area is 200 Å². The number of hydrogen-bond acceptors (Lipinski definition) is 4. The van der Waals surface area contributed by atoms with Crippen molar-refractivity contribution in [3.05, 3.63) is 108 Å². The fraction of sp³-hybridized carbons (Fsp3) is 0. The van der Waals surface area contributed by atoms with Crippen LogP contribution in [0.3, 0.4) is 0 Å². The molecule has 0 spiro atoms. The van der Waals surface area contributed by atoms with E-state index in [4.69, 9.17) is 21.3 Å². The standard InChI is InChI=1S/C28H17ClN4O/c29-26-17-27(32-20-11-3-1-9-18(20)19-10-2-4-12-21(19)32)31-28(30-26)33-22-13-5-7-15-24(22)34-25-16-8-6-14-23(25)33/h1-17H. The van der Waals surface area contributed by atoms with Crippen molar-refractivity contribution >= 4 is 50.7 Å². The molecular weight excluding hydrogens is 444 g/mol. The summed E-state index contributed by atoms with van der Waals surface area (Å²) in [5.41, 5.74) is 3.84. The molecule has 162 valence electrons. The lowest BCUT2D eigenvalue weighted by atomic mass is 10.2. The van der Waals surface area contributed by atoms with Crippen molar-refractivity contribution in [2.75, 3.05) is 4.90 Å². The molecule has 34 heavy (non-hydrogen) atoms. The first-order valence-corrected chi connectivity index (χ1v) is 11.3. The summed E-state index contributed by atoms with van der Waals surface area (Å²) in [5, 5.41) is 2.69. The molecule has 7 rings (SSSR count). The fourth-order valence-electron chi connectivity index (χ4n) is 4.70. The highest BCUT2D eigenvalue weighted by Gasteiger charge is 2.28. The number of aromatic nitrogens is 3. The highest BCUT2D eigenvalue weighted by molar-refractivity contribution is 6.29. The summed E-state index contributed by atoms with van der Waals surface area (Å²) in [6.45, 7) is 0. The molecule has 5 nitrogen and oxygen atoms in total. The molecule has 0 bridgehead atoms. The Balaban J connectivity index is 1.51. The van der Waals surface area contributed by atoms with Gasteiger partial charge in [0.1, 0.15) is 11.0 Å². The Hall–Kier alpha value is -4.35. The van der Waals surface area contributed by atoms with Crippen molar-refractivity contribution in [1.29, 1.82) is 0 Å². The maximum Gasteiger partial charge on any atom is 0.238 e. The lowest BCUT2D eigenvalue weighted by molar-refractivity contribution is 0.476. The van der Waals surface area contributed by atoms with Gasteiger partial charge < -0.3 is 4.74 Å². The molecule has 3 heterocycles. The molecule has 0 aliphatic carbocycles. The molecule has 0 atom stereocenters. The SMILES string of the molecule is Clc1cc(-n2c3ccccc3c3ccccc32)nc(N2c3ccccc3Oc3ccccc32)n1. The van der Waals surface area contributed by atoms with E-state index < -0.39 is 0 Å². The number of rotatable bonds is 2. The van der Waals surface area contributed by atoms with E-state index in [0.717, 1.165) is 44.7 Å². The van der Waals surface area contributed by atoms with Crippen LogP contribution in [0, 0.1) is 0 Å². The van der Waals surface area contributed by atoms with Crippen LogP contribution in [0.5, 0.6) is 11.5 Å². The first-order valence-electron chi connectivity index (χ1n) is 11.0. The zero-order valence-corrected chi connectivity index (χ0v) is 18.6. The molecule has 0 N–H and O–H groups in total. The molecule has 6 aromatic rings. The number of ether oxygens (including phenoxy) is 1. The normalized spacial score (nSPS) is 12.4. The van der Waals surface area contributed by atoms with Crippen molar-refractivity contribution < 1.29 is 4.74 Å². The van der Waals surface area contributed by atoms with E-state index in [1.165, 1.54) is 0 Å². The average Bonchev–Trinajstić information content (AvgIpc) is 3.21. The van der Waals surface area contributed by atoms with Gasteiger partial charge in [-0.2, -0.15) is 4.98 Å². The summed E-state index contributed by atoms with van der Waals surface area (Å²) in [7, 11) is 0. The third-order valence-electron chi connectivity index (χ3n) is 6.11. The van der Waals surface area contributed by atoms with Crippen molar-refractivity contribution in [3.63, 3.8) is 0 Å². The highest BCUT2D eigenvalue weighted by Crippen LogP contribution is 2.49. The molecule has 0 amide bonds. The third-order valence-corrected chi connectivity index (χ3v) is 6.30. The van der Waals surface area contributed by atoms with Crippen LogP contribution in [-0.4, -0.2) is 14.5 Å². The molecule has 6 heteroatoms. The minimum atomic E-state index is 0.364. The average molecular weight is 461 g/mol. The van der Waals surface area contributed by atoms with E-state index in [9.17, 15) is 0 Å². The van der Waals surface area contributed by atoms with Gasteiger partial charge in [0.05, 0.1) is 22.4 Å². The van der Waals surface area contributed by atoms with Gasteiger partial charge in [-0.1, -0.05) is 72.3 Å². The van der Waals surface area contributed by atoms with Crippen LogP contribution in [0.25, 0.3) is 27.6 Å². The molecule has 0 saturated heterocycles. The summed E-state index contributed by atoms with van der Waals surface area (Å²) >= 11 is 6.62. The van der Waals surface area contributed by atoms with E-state index in [1.807, 2.05) is 71.6 Å². The van der Waals surface area contributed by atoms with Crippen LogP contribution in [0.1, 0.15) is 0 Å². The molecule has 0 fully saturated rings. The first kappa shape index (κ1) is 19.1. The number of para-hydroxylation sites is 6. The summed E-state index contributed by atoms with van der Waals surface area (Å²) in [6, 6.07) is 34.2. The molecule has 0 radical (unpaired) electrons. The number of halogens is 1. The molecule has 0 unspecified atom stereocenters. The van der Waals surface area contributed by atoms with Gasteiger partial charge in [-0.25, -0.2) is 4.98 Å². The molecular formula is C28H17ClN4O. The minimum absolute atomic E-state index is 0.364. The number of fused-ring (bicyclic) bond motifs is 5. The largest absolute Gasteiger partial charge is 0.453 e. The molecule has 4 aromatic carbocycles. The van der Waals surface area contributed by atoms with Crippen LogP contribution in [0.15, 0.2) is 103 Å². The molecule has 0 saturated carbocycles. The van der Waals surface area contributed by atoms with Gasteiger partial charge in [0.15, 0.2) is 11.5 Å². The molecule has 1 aliphatic rings. The van der Waals surface area contributed by atoms with E-state index in [1.54, 1.807) is 0 Å². The van der Waals surface area contributed by atoms with Crippen molar-refractivity contribution in [2.24, 2.45) is 0 Å². The second-order valence-electron chi connectivity index (χ2n) is 8.09. The summed E-state index contributed by atoms with van der Waals surface area (Å²) in [5.74, 6) is 2.66. The number of anilines is 3. The van der Waals surface area contributed by atoms with Gasteiger partial charge in [-0.15, -0.1) is 0 Å². The highest BCUT2D eigenvalue weighted by atomic mass is 35.5. The lowest BCUT2D eigenvalue weighted by Crippen LogP contribution is -2.19. The predicted octanol–water partition coefficient (Wildman–Crippen LogP) is 7.80. The third kappa shape index (κ3) is 2.81. The van der Waals surface area contributed by atoms with E-state index >= 15 is 0 Å². The Morgan fingerprint density at radius 3 is 1.76 bits per heavy atom. The Morgan fingerprint density at radius 2 is 1.15 bits per heavy atom. The van der Waals surface area contributed by atoms with E-state index in [0.29, 0.717) is 16.9 Å². The maximum atomic E-state index is 6.62. The molecule has 1 aliphatic heterocycles. The maximum absolute atomic E-state index is 6.62. The topological polar surface area (TPSA) is 43.2 Å². The van der Waals surface area contributed by atoms with Gasteiger partial charge in [0.2, 0.25) is 5.95 Å². The van der Waals surface area contributed by atoms with E-state index in [-0.39, 0.29) is 0 Å². The number of hydrogen-bond donors (Lipinski definition) is 0. The zero-order valence-electron chi connectivity index (χ0n) is 17.9. The van der Waals surface area contributed by atoms with Crippen LogP contribution < -0.4 is 9.64 Å². The van der Waals surface area contributed by atoms with Crippen LogP contribution in [0.4, 0.5) is 17.3 Å². The summed E-state index contributed by atoms with van der Waals surface area (Å²) in [6.07, 6.45) is 0. The summed E-state index contributed by atoms with van der Waals surface area (Å²) in [4.78, 5) is 11.7. The van der Waals surface area contributed by atoms with Crippen molar-refractivity contribution in [2.45, 2.75) is 0 Å². The van der Waals surface area contributed by atoms with Crippen molar-refractivity contribution in [1.82, 2.24) is 14.5 Å². The monoisotopic (exact) mass is 460 g/mol. The first-order chi connectivity index (χ1) is 16.8. The lowest BCUT2D eigenvalue weighted by Gasteiger charge is -2.31. The molecule has 2 aromatic heterocycles. The summed E-state index contributed by atoms with van der Waals surface area (Å²) < 4.78 is 8.28. The van der Waals surface area contributed by atoms with Crippen LogP contribution in [0.2, 0.25) is 5.15 Å². The second kappa shape index (κ2) is 7.33. The number of benzene rings is 4. The van der Waals surface area contributed by atoms with Gasteiger partial charge in [-0.05, 0) is 36.4 Å².